The van der Waals surface area contributed by atoms with Gasteiger partial charge in [-0.2, -0.15) is 0 Å². The van der Waals surface area contributed by atoms with Gasteiger partial charge in [-0.05, 0) is 69.4 Å². The van der Waals surface area contributed by atoms with Crippen LogP contribution in [0.25, 0.3) is 5.57 Å². The average Bonchev–Trinajstić information content (AvgIpc) is 2.84. The number of hydrogen-bond acceptors (Lipinski definition) is 3. The number of ether oxygens (including phenoxy) is 1. The third-order valence-corrected chi connectivity index (χ3v) is 6.33. The molecule has 2 aliphatic rings. The lowest BCUT2D eigenvalue weighted by molar-refractivity contribution is -0.148. The third kappa shape index (κ3) is 4.01. The minimum Gasteiger partial charge on any atom is -0.488 e. The molecule has 0 atom stereocenters. The van der Waals surface area contributed by atoms with Crippen molar-refractivity contribution < 1.29 is 14.6 Å². The molecule has 2 aromatic carbocycles. The maximum absolute atomic E-state index is 11.5. The van der Waals surface area contributed by atoms with Crippen molar-refractivity contribution in [1.29, 1.82) is 0 Å². The maximum Gasteiger partial charge on any atom is 0.310 e. The van der Waals surface area contributed by atoms with Crippen LogP contribution in [0, 0.1) is 19.3 Å². The second kappa shape index (κ2) is 7.92. The molecule has 2 heterocycles. The van der Waals surface area contributed by atoms with Crippen LogP contribution < -0.4 is 4.74 Å². The SMILES string of the molecule is Cc1ccc2c(c1)COc1ccc(C)cc1C2=C1CCN(CC(C)(C)C(=O)O)CC1. The van der Waals surface area contributed by atoms with Crippen molar-refractivity contribution in [3.8, 4) is 5.75 Å². The fourth-order valence-electron chi connectivity index (χ4n) is 4.59. The number of carboxylic acids is 1. The number of aliphatic carboxylic acids is 1. The monoisotopic (exact) mass is 405 g/mol. The van der Waals surface area contributed by atoms with Gasteiger partial charge in [-0.1, -0.05) is 41.0 Å². The van der Waals surface area contributed by atoms with Gasteiger partial charge in [0.25, 0.3) is 0 Å². The number of carbonyl (C=O) groups is 1. The minimum absolute atomic E-state index is 0.583. The highest BCUT2D eigenvalue weighted by molar-refractivity contribution is 5.87. The van der Waals surface area contributed by atoms with E-state index in [-0.39, 0.29) is 0 Å². The zero-order valence-corrected chi connectivity index (χ0v) is 18.4. The van der Waals surface area contributed by atoms with Crippen molar-refractivity contribution >= 4 is 11.5 Å². The molecule has 2 aliphatic heterocycles. The molecule has 0 aliphatic carbocycles. The van der Waals surface area contributed by atoms with Gasteiger partial charge in [0.15, 0.2) is 0 Å². The smallest absolute Gasteiger partial charge is 0.310 e. The van der Waals surface area contributed by atoms with Crippen LogP contribution >= 0.6 is 0 Å². The molecule has 4 heteroatoms. The lowest BCUT2D eigenvalue weighted by Gasteiger charge is -2.34. The van der Waals surface area contributed by atoms with Crippen LogP contribution in [0.15, 0.2) is 42.0 Å². The molecule has 1 saturated heterocycles. The Kier molecular flexibility index (Phi) is 5.46. The number of carboxylic acid groups (broad SMARTS) is 1. The Balaban J connectivity index is 1.72. The van der Waals surface area contributed by atoms with E-state index < -0.39 is 11.4 Å². The summed E-state index contributed by atoms with van der Waals surface area (Å²) in [5.74, 6) is 0.215. The van der Waals surface area contributed by atoms with Gasteiger partial charge in [-0.25, -0.2) is 0 Å². The van der Waals surface area contributed by atoms with Crippen molar-refractivity contribution in [2.45, 2.75) is 47.1 Å². The molecule has 158 valence electrons. The van der Waals surface area contributed by atoms with E-state index in [0.717, 1.165) is 31.7 Å². The molecule has 0 spiro atoms. The number of piperidine rings is 1. The third-order valence-electron chi connectivity index (χ3n) is 6.33. The average molecular weight is 406 g/mol. The van der Waals surface area contributed by atoms with E-state index in [0.29, 0.717) is 13.2 Å². The molecule has 0 saturated carbocycles. The fraction of sp³-hybridized carbons (Fsp3) is 0.423. The zero-order chi connectivity index (χ0) is 21.5. The molecular weight excluding hydrogens is 374 g/mol. The second-order valence-corrected chi connectivity index (χ2v) is 9.39. The molecule has 0 unspecified atom stereocenters. The molecule has 0 bridgehead atoms. The van der Waals surface area contributed by atoms with E-state index in [9.17, 15) is 9.90 Å². The van der Waals surface area contributed by atoms with Gasteiger partial charge >= 0.3 is 5.97 Å². The predicted molar refractivity (Wildman–Crippen MR) is 120 cm³/mol. The summed E-state index contributed by atoms with van der Waals surface area (Å²) < 4.78 is 6.21. The van der Waals surface area contributed by atoms with Crippen LogP contribution in [0.4, 0.5) is 0 Å². The summed E-state index contributed by atoms with van der Waals surface area (Å²) in [6.45, 7) is 10.8. The van der Waals surface area contributed by atoms with E-state index in [4.69, 9.17) is 4.74 Å². The molecule has 4 rings (SSSR count). The Labute approximate surface area is 179 Å². The molecular formula is C26H31NO3. The second-order valence-electron chi connectivity index (χ2n) is 9.39. The maximum atomic E-state index is 11.5. The first kappa shape index (κ1) is 20.7. The van der Waals surface area contributed by atoms with Crippen LogP contribution in [0.1, 0.15) is 54.5 Å². The van der Waals surface area contributed by atoms with Gasteiger partial charge in [0, 0.05) is 25.2 Å². The van der Waals surface area contributed by atoms with Crippen LogP contribution in [-0.2, 0) is 11.4 Å². The van der Waals surface area contributed by atoms with Crippen molar-refractivity contribution in [3.63, 3.8) is 0 Å². The van der Waals surface area contributed by atoms with Crippen molar-refractivity contribution in [2.24, 2.45) is 5.41 Å². The van der Waals surface area contributed by atoms with Gasteiger partial charge in [0.1, 0.15) is 12.4 Å². The largest absolute Gasteiger partial charge is 0.488 e. The number of hydrogen-bond donors (Lipinski definition) is 1. The summed E-state index contributed by atoms with van der Waals surface area (Å²) in [6, 6.07) is 13.1. The first-order chi connectivity index (χ1) is 14.2. The van der Waals surface area contributed by atoms with Gasteiger partial charge in [0.05, 0.1) is 5.41 Å². The quantitative estimate of drug-likeness (QED) is 0.762. The zero-order valence-electron chi connectivity index (χ0n) is 18.4. The highest BCUT2D eigenvalue weighted by Crippen LogP contribution is 2.41. The highest BCUT2D eigenvalue weighted by atomic mass is 16.5. The van der Waals surface area contributed by atoms with Crippen LogP contribution in [0.2, 0.25) is 0 Å². The van der Waals surface area contributed by atoms with E-state index in [1.807, 2.05) is 13.8 Å². The molecule has 30 heavy (non-hydrogen) atoms. The molecule has 2 aromatic rings. The van der Waals surface area contributed by atoms with E-state index in [2.05, 4.69) is 55.1 Å². The van der Waals surface area contributed by atoms with E-state index in [1.165, 1.54) is 39.0 Å². The van der Waals surface area contributed by atoms with E-state index >= 15 is 0 Å². The fourth-order valence-corrected chi connectivity index (χ4v) is 4.59. The van der Waals surface area contributed by atoms with Gasteiger partial charge in [-0.15, -0.1) is 0 Å². The minimum atomic E-state index is -0.735. The van der Waals surface area contributed by atoms with E-state index in [1.54, 1.807) is 0 Å². The normalized spacial score (nSPS) is 17.1. The Hall–Kier alpha value is -2.59. The number of rotatable bonds is 3. The number of fused-ring (bicyclic) bond motifs is 2. The molecule has 4 nitrogen and oxygen atoms in total. The Bertz CT molecular complexity index is 1010. The molecule has 1 N–H and O–H groups in total. The van der Waals surface area contributed by atoms with Crippen molar-refractivity contribution in [2.75, 3.05) is 19.6 Å². The number of likely N-dealkylation sites (tertiary alicyclic amines) is 1. The summed E-state index contributed by atoms with van der Waals surface area (Å²) in [7, 11) is 0. The van der Waals surface area contributed by atoms with Crippen molar-refractivity contribution in [1.82, 2.24) is 4.90 Å². The highest BCUT2D eigenvalue weighted by Gasteiger charge is 2.32. The lowest BCUT2D eigenvalue weighted by Crippen LogP contribution is -2.42. The van der Waals surface area contributed by atoms with Gasteiger partial charge in [0.2, 0.25) is 0 Å². The molecule has 0 amide bonds. The molecule has 0 radical (unpaired) electrons. The predicted octanol–water partition coefficient (Wildman–Crippen LogP) is 5.20. The first-order valence-electron chi connectivity index (χ1n) is 10.8. The number of aryl methyl sites for hydroxylation is 2. The van der Waals surface area contributed by atoms with Crippen molar-refractivity contribution in [3.05, 3.63) is 69.8 Å². The Morgan fingerprint density at radius 1 is 1.03 bits per heavy atom. The Morgan fingerprint density at radius 2 is 1.70 bits per heavy atom. The molecule has 0 aromatic heterocycles. The topological polar surface area (TPSA) is 49.8 Å². The van der Waals surface area contributed by atoms with Crippen LogP contribution in [0.5, 0.6) is 5.75 Å². The van der Waals surface area contributed by atoms with Crippen LogP contribution in [0.3, 0.4) is 0 Å². The summed E-state index contributed by atoms with van der Waals surface area (Å²) in [5.41, 5.74) is 8.21. The Morgan fingerprint density at radius 3 is 2.40 bits per heavy atom. The summed E-state index contributed by atoms with van der Waals surface area (Å²) in [4.78, 5) is 13.8. The summed E-state index contributed by atoms with van der Waals surface area (Å²) in [5, 5.41) is 9.48. The summed E-state index contributed by atoms with van der Waals surface area (Å²) in [6.07, 6.45) is 1.90. The first-order valence-corrected chi connectivity index (χ1v) is 10.8. The summed E-state index contributed by atoms with van der Waals surface area (Å²) >= 11 is 0. The lowest BCUT2D eigenvalue weighted by atomic mass is 9.85. The standard InChI is InChI=1S/C26H31NO3/c1-17-5-7-21-20(13-17)15-30-23-8-6-18(2)14-22(23)24(21)19-9-11-27(12-10-19)16-26(3,4)25(28)29/h5-8,13-14H,9-12,15-16H2,1-4H3,(H,28,29). The van der Waals surface area contributed by atoms with Gasteiger partial charge in [-0.3, -0.25) is 4.79 Å². The number of nitrogens with zero attached hydrogens (tertiary/aromatic N) is 1. The molecule has 1 fully saturated rings. The van der Waals surface area contributed by atoms with Gasteiger partial charge < -0.3 is 14.7 Å². The number of benzene rings is 2. The van der Waals surface area contributed by atoms with Crippen LogP contribution in [-0.4, -0.2) is 35.6 Å².